The van der Waals surface area contributed by atoms with Crippen molar-refractivity contribution >= 4 is 22.9 Å². The van der Waals surface area contributed by atoms with Gasteiger partial charge < -0.3 is 0 Å². The van der Waals surface area contributed by atoms with Gasteiger partial charge in [0.15, 0.2) is 0 Å². The Labute approximate surface area is 146 Å². The van der Waals surface area contributed by atoms with Gasteiger partial charge in [0.25, 0.3) is 0 Å². The van der Waals surface area contributed by atoms with Crippen LogP contribution in [0.3, 0.4) is 0 Å². The molecular formula is C22H17NS. The van der Waals surface area contributed by atoms with Crippen molar-refractivity contribution in [3.05, 3.63) is 113 Å². The Morgan fingerprint density at radius 2 is 1.29 bits per heavy atom. The summed E-state index contributed by atoms with van der Waals surface area (Å²) in [6, 6.07) is 31.5. The number of aliphatic imine (C=N–C) groups is 1. The van der Waals surface area contributed by atoms with E-state index in [1.165, 1.54) is 21.6 Å². The van der Waals surface area contributed by atoms with E-state index in [9.17, 15) is 0 Å². The largest absolute Gasteiger partial charge is 0.264 e. The molecule has 1 heterocycles. The van der Waals surface area contributed by atoms with Crippen molar-refractivity contribution in [3.63, 3.8) is 0 Å². The first-order valence-electron chi connectivity index (χ1n) is 8.03. The SMILES string of the molecule is C(=C1/SC(c2ccccc2)=N[C@@H]1c1ccccc1)/c1ccccc1. The molecule has 0 N–H and O–H groups in total. The third-order valence-corrected chi connectivity index (χ3v) is 5.09. The Balaban J connectivity index is 1.75. The topological polar surface area (TPSA) is 12.4 Å². The smallest absolute Gasteiger partial charge is 0.108 e. The van der Waals surface area contributed by atoms with E-state index in [1.807, 2.05) is 18.2 Å². The van der Waals surface area contributed by atoms with Crippen LogP contribution in [0.1, 0.15) is 22.7 Å². The van der Waals surface area contributed by atoms with E-state index < -0.39 is 0 Å². The third-order valence-electron chi connectivity index (χ3n) is 3.97. The number of hydrogen-bond donors (Lipinski definition) is 0. The Kier molecular flexibility index (Phi) is 4.30. The van der Waals surface area contributed by atoms with E-state index >= 15 is 0 Å². The molecule has 0 spiro atoms. The van der Waals surface area contributed by atoms with Gasteiger partial charge in [-0.2, -0.15) is 0 Å². The standard InChI is InChI=1S/C22H17NS/c1-4-10-17(11-5-1)16-20-21(18-12-6-2-7-13-18)23-22(24-20)19-14-8-3-9-15-19/h1-16,21H/b20-16-/t21-/m1/s1. The molecule has 1 aliphatic rings. The molecule has 0 fully saturated rings. The maximum absolute atomic E-state index is 5.02. The average molecular weight is 327 g/mol. The molecule has 0 aromatic heterocycles. The lowest BCUT2D eigenvalue weighted by molar-refractivity contribution is 0.917. The van der Waals surface area contributed by atoms with Crippen LogP contribution in [0.15, 0.2) is 101 Å². The van der Waals surface area contributed by atoms with Crippen LogP contribution in [0.2, 0.25) is 0 Å². The van der Waals surface area contributed by atoms with Crippen molar-refractivity contribution < 1.29 is 0 Å². The predicted molar refractivity (Wildman–Crippen MR) is 104 cm³/mol. The minimum Gasteiger partial charge on any atom is -0.264 e. The highest BCUT2D eigenvalue weighted by Crippen LogP contribution is 2.43. The van der Waals surface area contributed by atoms with Gasteiger partial charge in [-0.3, -0.25) is 4.99 Å². The number of benzene rings is 3. The van der Waals surface area contributed by atoms with Crippen LogP contribution in [0.4, 0.5) is 0 Å². The number of nitrogens with zero attached hydrogens (tertiary/aromatic N) is 1. The second kappa shape index (κ2) is 6.90. The molecule has 116 valence electrons. The summed E-state index contributed by atoms with van der Waals surface area (Å²) in [5.41, 5.74) is 3.63. The zero-order valence-corrected chi connectivity index (χ0v) is 14.0. The molecule has 0 aliphatic carbocycles. The first kappa shape index (κ1) is 15.0. The van der Waals surface area contributed by atoms with Gasteiger partial charge in [0.05, 0.1) is 0 Å². The van der Waals surface area contributed by atoms with Crippen molar-refractivity contribution in [2.75, 3.05) is 0 Å². The van der Waals surface area contributed by atoms with E-state index in [4.69, 9.17) is 4.99 Å². The molecule has 4 rings (SSSR count). The van der Waals surface area contributed by atoms with Crippen molar-refractivity contribution in [1.29, 1.82) is 0 Å². The molecular weight excluding hydrogens is 310 g/mol. The lowest BCUT2D eigenvalue weighted by atomic mass is 10.1. The lowest BCUT2D eigenvalue weighted by Crippen LogP contribution is -1.93. The molecule has 2 heteroatoms. The number of hydrogen-bond acceptors (Lipinski definition) is 2. The molecule has 0 saturated heterocycles. The third kappa shape index (κ3) is 3.19. The quantitative estimate of drug-likeness (QED) is 0.578. The van der Waals surface area contributed by atoms with Gasteiger partial charge in [-0.05, 0) is 17.2 Å². The average Bonchev–Trinajstić information content (AvgIpc) is 3.08. The summed E-state index contributed by atoms with van der Waals surface area (Å²) in [6.45, 7) is 0. The fraction of sp³-hybridized carbons (Fsp3) is 0.0455. The lowest BCUT2D eigenvalue weighted by Gasteiger charge is -2.09. The van der Waals surface area contributed by atoms with Crippen LogP contribution in [0, 0.1) is 0 Å². The summed E-state index contributed by atoms with van der Waals surface area (Å²) in [4.78, 5) is 6.29. The Morgan fingerprint density at radius 3 is 1.96 bits per heavy atom. The molecule has 1 aliphatic heterocycles. The highest BCUT2D eigenvalue weighted by atomic mass is 32.2. The van der Waals surface area contributed by atoms with Crippen molar-refractivity contribution in [1.82, 2.24) is 0 Å². The van der Waals surface area contributed by atoms with Crippen molar-refractivity contribution in [2.45, 2.75) is 6.04 Å². The highest BCUT2D eigenvalue weighted by molar-refractivity contribution is 8.18. The van der Waals surface area contributed by atoms with Gasteiger partial charge in [0.2, 0.25) is 0 Å². The van der Waals surface area contributed by atoms with Crippen molar-refractivity contribution in [3.8, 4) is 0 Å². The number of thioether (sulfide) groups is 1. The first-order chi connectivity index (χ1) is 11.9. The van der Waals surface area contributed by atoms with Gasteiger partial charge in [0, 0.05) is 10.5 Å². The van der Waals surface area contributed by atoms with Gasteiger partial charge in [0.1, 0.15) is 11.1 Å². The summed E-state index contributed by atoms with van der Waals surface area (Å²) >= 11 is 1.77. The van der Waals surface area contributed by atoms with Crippen LogP contribution >= 0.6 is 11.8 Å². The highest BCUT2D eigenvalue weighted by Gasteiger charge is 2.26. The molecule has 1 nitrogen and oxygen atoms in total. The Hall–Kier alpha value is -2.58. The monoisotopic (exact) mass is 327 g/mol. The summed E-state index contributed by atoms with van der Waals surface area (Å²) in [5.74, 6) is 0. The Bertz CT molecular complexity index is 868. The zero-order chi connectivity index (χ0) is 16.2. The molecule has 24 heavy (non-hydrogen) atoms. The van der Waals surface area contributed by atoms with Gasteiger partial charge >= 0.3 is 0 Å². The maximum atomic E-state index is 5.02. The van der Waals surface area contributed by atoms with Gasteiger partial charge in [-0.15, -0.1) is 0 Å². The molecule has 0 radical (unpaired) electrons. The number of rotatable bonds is 3. The van der Waals surface area contributed by atoms with Crippen LogP contribution in [-0.4, -0.2) is 5.04 Å². The van der Waals surface area contributed by atoms with Gasteiger partial charge in [-0.25, -0.2) is 0 Å². The van der Waals surface area contributed by atoms with Crippen LogP contribution in [0.25, 0.3) is 6.08 Å². The minimum atomic E-state index is 0.0756. The summed E-state index contributed by atoms with van der Waals surface area (Å²) < 4.78 is 0. The molecule has 0 unspecified atom stereocenters. The fourth-order valence-electron chi connectivity index (χ4n) is 2.78. The maximum Gasteiger partial charge on any atom is 0.108 e. The van der Waals surface area contributed by atoms with E-state index in [0.717, 1.165) is 5.04 Å². The van der Waals surface area contributed by atoms with E-state index in [-0.39, 0.29) is 6.04 Å². The molecule has 3 aromatic rings. The predicted octanol–water partition coefficient (Wildman–Crippen LogP) is 5.96. The van der Waals surface area contributed by atoms with E-state index in [1.54, 1.807) is 11.8 Å². The molecule has 1 atom stereocenters. The summed E-state index contributed by atoms with van der Waals surface area (Å²) in [5, 5.41) is 1.09. The van der Waals surface area contributed by atoms with Crippen LogP contribution in [-0.2, 0) is 0 Å². The van der Waals surface area contributed by atoms with Crippen LogP contribution < -0.4 is 0 Å². The van der Waals surface area contributed by atoms with Gasteiger partial charge in [-0.1, -0.05) is 103 Å². The molecule has 0 bridgehead atoms. The first-order valence-corrected chi connectivity index (χ1v) is 8.84. The fourth-order valence-corrected chi connectivity index (χ4v) is 3.92. The normalized spacial score (nSPS) is 18.6. The second-order valence-corrected chi connectivity index (χ2v) is 6.74. The Morgan fingerprint density at radius 1 is 0.708 bits per heavy atom. The second-order valence-electron chi connectivity index (χ2n) is 5.67. The van der Waals surface area contributed by atoms with E-state index in [0.29, 0.717) is 0 Å². The molecule has 0 amide bonds. The minimum absolute atomic E-state index is 0.0756. The molecule has 0 saturated carbocycles. The van der Waals surface area contributed by atoms with Crippen LogP contribution in [0.5, 0.6) is 0 Å². The van der Waals surface area contributed by atoms with Crippen molar-refractivity contribution in [2.24, 2.45) is 4.99 Å². The summed E-state index contributed by atoms with van der Waals surface area (Å²) in [6.07, 6.45) is 2.25. The zero-order valence-electron chi connectivity index (χ0n) is 13.2. The molecule has 3 aromatic carbocycles. The van der Waals surface area contributed by atoms with E-state index in [2.05, 4.69) is 78.9 Å². The summed E-state index contributed by atoms with van der Waals surface area (Å²) in [7, 11) is 0.